The topological polar surface area (TPSA) is 186 Å². The monoisotopic (exact) mass is 389 g/mol. The fourth-order valence-electron chi connectivity index (χ4n) is 2.83. The molecule has 13 heteroatoms. The predicted octanol–water partition coefficient (Wildman–Crippen LogP) is -1.41. The molecular formula is C13H20N5O7P. The average molecular weight is 389 g/mol. The molecule has 12 nitrogen and oxygen atoms in total. The SMILES string of the molecule is CC1(O)[C@@H](O)[C@@H](COCP(C)(=O)O)O[C@H]1n1cnc2c(=O)[nH]c(N)nc21. The Balaban J connectivity index is 1.89. The first-order valence-corrected chi connectivity index (χ1v) is 9.95. The van der Waals surface area contributed by atoms with Crippen molar-refractivity contribution in [2.24, 2.45) is 0 Å². The third kappa shape index (κ3) is 3.39. The summed E-state index contributed by atoms with van der Waals surface area (Å²) < 4.78 is 23.3. The summed E-state index contributed by atoms with van der Waals surface area (Å²) in [5.41, 5.74) is 3.31. The third-order valence-electron chi connectivity index (χ3n) is 4.07. The van der Waals surface area contributed by atoms with Crippen molar-refractivity contribution in [1.29, 1.82) is 0 Å². The Morgan fingerprint density at radius 2 is 2.27 bits per heavy atom. The quantitative estimate of drug-likeness (QED) is 0.380. The number of imidazole rings is 1. The van der Waals surface area contributed by atoms with Gasteiger partial charge in [0.25, 0.3) is 5.56 Å². The first kappa shape index (κ1) is 19.0. The van der Waals surface area contributed by atoms with Gasteiger partial charge in [0.05, 0.1) is 12.9 Å². The summed E-state index contributed by atoms with van der Waals surface area (Å²) in [5, 5.41) is 21.1. The van der Waals surface area contributed by atoms with Crippen molar-refractivity contribution in [1.82, 2.24) is 19.5 Å². The minimum Gasteiger partial charge on any atom is -0.387 e. The van der Waals surface area contributed by atoms with E-state index in [4.69, 9.17) is 15.2 Å². The van der Waals surface area contributed by atoms with Crippen LogP contribution < -0.4 is 11.3 Å². The Bertz CT molecular complexity index is 919. The van der Waals surface area contributed by atoms with Gasteiger partial charge in [0, 0.05) is 6.66 Å². The summed E-state index contributed by atoms with van der Waals surface area (Å²) in [4.78, 5) is 31.4. The molecule has 2 unspecified atom stereocenters. The number of aromatic amines is 1. The van der Waals surface area contributed by atoms with Crippen LogP contribution in [0.15, 0.2) is 11.1 Å². The molecule has 0 amide bonds. The van der Waals surface area contributed by atoms with E-state index in [0.29, 0.717) is 0 Å². The van der Waals surface area contributed by atoms with Crippen LogP contribution in [-0.2, 0) is 14.0 Å². The highest BCUT2D eigenvalue weighted by Crippen LogP contribution is 2.40. The van der Waals surface area contributed by atoms with Gasteiger partial charge < -0.3 is 30.3 Å². The largest absolute Gasteiger partial charge is 0.387 e. The molecule has 1 fully saturated rings. The number of nitrogens with two attached hydrogens (primary N) is 1. The maximum Gasteiger partial charge on any atom is 0.280 e. The number of aromatic nitrogens is 4. The minimum absolute atomic E-state index is 0.00000760. The van der Waals surface area contributed by atoms with E-state index in [1.807, 2.05) is 0 Å². The number of aliphatic hydroxyl groups excluding tert-OH is 1. The zero-order valence-electron chi connectivity index (χ0n) is 14.1. The Kier molecular flexibility index (Phi) is 4.67. The number of H-pyrrole nitrogens is 1. The second kappa shape index (κ2) is 6.41. The van der Waals surface area contributed by atoms with Crippen molar-refractivity contribution in [2.45, 2.75) is 31.0 Å². The van der Waals surface area contributed by atoms with Gasteiger partial charge in [-0.2, -0.15) is 4.98 Å². The number of hydrogen-bond donors (Lipinski definition) is 5. The standard InChI is InChI=1S/C13H20N5O7P/c1-13(21)8(19)6(3-24-5-26(2,22)23)25-11(13)18-4-15-7-9(18)16-12(14)17-10(7)20/h4,6,8,11,19,21H,3,5H2,1-2H3,(H,22,23)(H3,14,16,17,20)/t6-,8+,11-,13?/m1/s1. The van der Waals surface area contributed by atoms with Crippen molar-refractivity contribution < 1.29 is 29.1 Å². The first-order chi connectivity index (χ1) is 12.0. The number of anilines is 1. The minimum atomic E-state index is -3.38. The fourth-order valence-corrected chi connectivity index (χ4v) is 3.27. The zero-order chi connectivity index (χ0) is 19.3. The van der Waals surface area contributed by atoms with Gasteiger partial charge in [0.1, 0.15) is 24.2 Å². The van der Waals surface area contributed by atoms with Crippen molar-refractivity contribution in [2.75, 3.05) is 25.4 Å². The Morgan fingerprint density at radius 3 is 2.92 bits per heavy atom. The van der Waals surface area contributed by atoms with Gasteiger partial charge >= 0.3 is 0 Å². The molecule has 6 N–H and O–H groups in total. The van der Waals surface area contributed by atoms with E-state index in [0.717, 1.165) is 6.66 Å². The molecule has 1 aliphatic rings. The van der Waals surface area contributed by atoms with E-state index >= 15 is 0 Å². The van der Waals surface area contributed by atoms with Crippen LogP contribution in [0.2, 0.25) is 0 Å². The predicted molar refractivity (Wildman–Crippen MR) is 89.7 cm³/mol. The first-order valence-electron chi connectivity index (χ1n) is 7.66. The number of nitrogens with one attached hydrogen (secondary N) is 1. The Hall–Kier alpha value is -1.82. The molecule has 0 saturated carbocycles. The van der Waals surface area contributed by atoms with Crippen molar-refractivity contribution in [3.8, 4) is 0 Å². The van der Waals surface area contributed by atoms with Gasteiger partial charge in [0.15, 0.2) is 17.4 Å². The number of ether oxygens (including phenoxy) is 2. The highest BCUT2D eigenvalue weighted by atomic mass is 31.2. The van der Waals surface area contributed by atoms with Crippen LogP contribution in [0.5, 0.6) is 0 Å². The van der Waals surface area contributed by atoms with Gasteiger partial charge in [-0.1, -0.05) is 0 Å². The lowest BCUT2D eigenvalue weighted by Gasteiger charge is -2.27. The summed E-state index contributed by atoms with van der Waals surface area (Å²) in [7, 11) is -3.38. The lowest BCUT2D eigenvalue weighted by atomic mass is 9.96. The summed E-state index contributed by atoms with van der Waals surface area (Å²) in [6.45, 7) is 2.28. The highest BCUT2D eigenvalue weighted by Gasteiger charge is 2.53. The average Bonchev–Trinajstić information content (AvgIpc) is 3.00. The molecule has 144 valence electrons. The van der Waals surface area contributed by atoms with E-state index < -0.39 is 43.3 Å². The third-order valence-corrected chi connectivity index (χ3v) is 4.73. The molecule has 1 saturated heterocycles. The van der Waals surface area contributed by atoms with Crippen LogP contribution >= 0.6 is 7.37 Å². The van der Waals surface area contributed by atoms with Crippen LogP contribution in [0.3, 0.4) is 0 Å². The number of aliphatic hydroxyl groups is 2. The Labute approximate surface area is 147 Å². The molecule has 0 radical (unpaired) electrons. The van der Waals surface area contributed by atoms with Gasteiger partial charge in [-0.25, -0.2) is 4.98 Å². The number of nitrogen functional groups attached to an aromatic ring is 1. The summed E-state index contributed by atoms with van der Waals surface area (Å²) in [6, 6.07) is 0. The number of hydrogen-bond acceptors (Lipinski definition) is 9. The summed E-state index contributed by atoms with van der Waals surface area (Å²) in [6.07, 6.45) is -2.63. The second-order valence-electron chi connectivity index (χ2n) is 6.52. The van der Waals surface area contributed by atoms with Gasteiger partial charge in [-0.3, -0.25) is 18.9 Å². The molecule has 0 aliphatic carbocycles. The normalized spacial score (nSPS) is 31.3. The molecule has 3 heterocycles. The molecule has 5 atom stereocenters. The van der Waals surface area contributed by atoms with Gasteiger partial charge in [0.2, 0.25) is 13.3 Å². The summed E-state index contributed by atoms with van der Waals surface area (Å²) in [5.74, 6) is -0.135. The van der Waals surface area contributed by atoms with Gasteiger partial charge in [-0.15, -0.1) is 0 Å². The second-order valence-corrected chi connectivity index (χ2v) is 8.88. The molecule has 3 rings (SSSR count). The number of rotatable bonds is 5. The van der Waals surface area contributed by atoms with Crippen molar-refractivity contribution in [3.63, 3.8) is 0 Å². The molecule has 26 heavy (non-hydrogen) atoms. The molecule has 0 aromatic carbocycles. The molecule has 2 aromatic rings. The van der Waals surface area contributed by atoms with E-state index in [9.17, 15) is 24.5 Å². The van der Waals surface area contributed by atoms with E-state index in [1.54, 1.807) is 0 Å². The number of fused-ring (bicyclic) bond motifs is 1. The maximum absolute atomic E-state index is 11.9. The van der Waals surface area contributed by atoms with Crippen LogP contribution in [0, 0.1) is 0 Å². The van der Waals surface area contributed by atoms with Crippen LogP contribution in [-0.4, -0.2) is 72.1 Å². The number of nitrogens with zero attached hydrogens (tertiary/aromatic N) is 3. The van der Waals surface area contributed by atoms with E-state index in [1.165, 1.54) is 17.8 Å². The molecule has 0 spiro atoms. The highest BCUT2D eigenvalue weighted by molar-refractivity contribution is 7.56. The molecular weight excluding hydrogens is 369 g/mol. The van der Waals surface area contributed by atoms with Crippen LogP contribution in [0.25, 0.3) is 11.2 Å². The van der Waals surface area contributed by atoms with Crippen molar-refractivity contribution >= 4 is 24.5 Å². The Morgan fingerprint density at radius 1 is 1.58 bits per heavy atom. The van der Waals surface area contributed by atoms with Crippen LogP contribution in [0.1, 0.15) is 13.2 Å². The van der Waals surface area contributed by atoms with Crippen LogP contribution in [0.4, 0.5) is 5.95 Å². The molecule has 1 aliphatic heterocycles. The van der Waals surface area contributed by atoms with E-state index in [2.05, 4.69) is 15.0 Å². The lowest BCUT2D eigenvalue weighted by Crippen LogP contribution is -2.44. The molecule has 2 aromatic heterocycles. The lowest BCUT2D eigenvalue weighted by molar-refractivity contribution is -0.0958. The summed E-state index contributed by atoms with van der Waals surface area (Å²) >= 11 is 0. The van der Waals surface area contributed by atoms with Gasteiger partial charge in [-0.05, 0) is 6.92 Å². The van der Waals surface area contributed by atoms with E-state index in [-0.39, 0.29) is 23.7 Å². The molecule has 0 bridgehead atoms. The van der Waals surface area contributed by atoms with Crippen molar-refractivity contribution in [3.05, 3.63) is 16.7 Å². The maximum atomic E-state index is 11.9. The smallest absolute Gasteiger partial charge is 0.280 e. The fraction of sp³-hybridized carbons (Fsp3) is 0.615. The zero-order valence-corrected chi connectivity index (χ0v) is 15.0.